The lowest BCUT2D eigenvalue weighted by Crippen LogP contribution is -2.12. The van der Waals surface area contributed by atoms with Gasteiger partial charge in [-0.1, -0.05) is 0 Å². The predicted octanol–water partition coefficient (Wildman–Crippen LogP) is 3.13. The summed E-state index contributed by atoms with van der Waals surface area (Å²) < 4.78 is 5.12. The zero-order valence-corrected chi connectivity index (χ0v) is 11.3. The number of rotatable bonds is 3. The van der Waals surface area contributed by atoms with Gasteiger partial charge in [0.15, 0.2) is 0 Å². The van der Waals surface area contributed by atoms with Crippen molar-refractivity contribution in [3.05, 3.63) is 59.2 Å². The number of carbonyl (C=O) groups excluding carboxylic acids is 1. The molecule has 0 aromatic heterocycles. The quantitative estimate of drug-likeness (QED) is 0.928. The fourth-order valence-corrected chi connectivity index (χ4v) is 1.79. The van der Waals surface area contributed by atoms with E-state index in [1.54, 1.807) is 43.5 Å². The molecule has 1 amide bonds. The molecule has 0 saturated carbocycles. The van der Waals surface area contributed by atoms with Gasteiger partial charge in [-0.3, -0.25) is 4.79 Å². The maximum Gasteiger partial charge on any atom is 0.255 e. The van der Waals surface area contributed by atoms with Gasteiger partial charge in [0.25, 0.3) is 5.91 Å². The number of carbonyl (C=O) groups is 1. The van der Waals surface area contributed by atoms with E-state index in [-0.39, 0.29) is 5.91 Å². The van der Waals surface area contributed by atoms with Gasteiger partial charge in [0.05, 0.1) is 18.7 Å². The number of nitrogens with one attached hydrogen (secondary N) is 1. The molecule has 0 heterocycles. The number of nitrogens with zero attached hydrogens (tertiary/aromatic N) is 1. The van der Waals surface area contributed by atoms with Crippen molar-refractivity contribution in [3.8, 4) is 11.8 Å². The Balaban J connectivity index is 2.17. The highest BCUT2D eigenvalue weighted by Crippen LogP contribution is 2.21. The molecule has 4 nitrogen and oxygen atoms in total. The van der Waals surface area contributed by atoms with Gasteiger partial charge >= 0.3 is 0 Å². The zero-order chi connectivity index (χ0) is 14.5. The Morgan fingerprint density at radius 3 is 2.45 bits per heavy atom. The van der Waals surface area contributed by atoms with Gasteiger partial charge in [-0.2, -0.15) is 5.26 Å². The van der Waals surface area contributed by atoms with Crippen molar-refractivity contribution in [2.75, 3.05) is 12.4 Å². The van der Waals surface area contributed by atoms with Crippen LogP contribution in [-0.4, -0.2) is 13.0 Å². The Morgan fingerprint density at radius 1 is 1.20 bits per heavy atom. The molecule has 1 N–H and O–H groups in total. The van der Waals surface area contributed by atoms with E-state index in [9.17, 15) is 4.79 Å². The van der Waals surface area contributed by atoms with Crippen LogP contribution < -0.4 is 10.1 Å². The Labute approximate surface area is 117 Å². The maximum absolute atomic E-state index is 12.1. The van der Waals surface area contributed by atoms with Gasteiger partial charge in [0, 0.05) is 11.3 Å². The minimum absolute atomic E-state index is 0.206. The molecule has 0 unspecified atom stereocenters. The van der Waals surface area contributed by atoms with Crippen LogP contribution in [0.5, 0.6) is 5.75 Å². The second kappa shape index (κ2) is 5.89. The first-order valence-corrected chi connectivity index (χ1v) is 6.10. The first kappa shape index (κ1) is 13.6. The lowest BCUT2D eigenvalue weighted by Gasteiger charge is -2.10. The first-order chi connectivity index (χ1) is 9.63. The van der Waals surface area contributed by atoms with E-state index in [2.05, 4.69) is 5.32 Å². The van der Waals surface area contributed by atoms with E-state index in [0.29, 0.717) is 11.1 Å². The molecule has 0 spiro atoms. The monoisotopic (exact) mass is 266 g/mol. The van der Waals surface area contributed by atoms with Gasteiger partial charge in [0.1, 0.15) is 5.75 Å². The molecule has 100 valence electrons. The molecule has 0 bridgehead atoms. The minimum atomic E-state index is -0.206. The molecule has 2 aromatic rings. The van der Waals surface area contributed by atoms with Crippen LogP contribution in [0.25, 0.3) is 0 Å². The molecule has 0 atom stereocenters. The fraction of sp³-hybridized carbons (Fsp3) is 0.125. The van der Waals surface area contributed by atoms with Crippen molar-refractivity contribution in [1.82, 2.24) is 0 Å². The van der Waals surface area contributed by atoms with Crippen LogP contribution in [0, 0.1) is 18.3 Å². The van der Waals surface area contributed by atoms with E-state index < -0.39 is 0 Å². The maximum atomic E-state index is 12.1. The lowest BCUT2D eigenvalue weighted by atomic mass is 10.1. The lowest BCUT2D eigenvalue weighted by molar-refractivity contribution is 0.102. The summed E-state index contributed by atoms with van der Waals surface area (Å²) in [6, 6.07) is 14.0. The van der Waals surface area contributed by atoms with Crippen molar-refractivity contribution >= 4 is 11.6 Å². The van der Waals surface area contributed by atoms with E-state index in [1.165, 1.54) is 0 Å². The van der Waals surface area contributed by atoms with Crippen molar-refractivity contribution in [3.63, 3.8) is 0 Å². The van der Waals surface area contributed by atoms with Crippen LogP contribution in [0.1, 0.15) is 21.5 Å². The molecule has 0 aliphatic rings. The summed E-state index contributed by atoms with van der Waals surface area (Å²) in [5.74, 6) is 0.543. The third kappa shape index (κ3) is 2.96. The molecule has 4 heteroatoms. The van der Waals surface area contributed by atoms with Gasteiger partial charge in [-0.25, -0.2) is 0 Å². The Hall–Kier alpha value is -2.80. The van der Waals surface area contributed by atoms with Crippen LogP contribution in [0.4, 0.5) is 5.69 Å². The van der Waals surface area contributed by atoms with Crippen LogP contribution in [-0.2, 0) is 0 Å². The number of amides is 1. The van der Waals surface area contributed by atoms with Gasteiger partial charge in [-0.05, 0) is 55.0 Å². The summed E-state index contributed by atoms with van der Waals surface area (Å²) in [6.45, 7) is 1.90. The molecular formula is C16H14N2O2. The van der Waals surface area contributed by atoms with E-state index in [0.717, 1.165) is 17.0 Å². The molecule has 2 rings (SSSR count). The molecule has 0 aliphatic heterocycles. The molecular weight excluding hydrogens is 252 g/mol. The average Bonchev–Trinajstić information content (AvgIpc) is 2.49. The van der Waals surface area contributed by atoms with Crippen molar-refractivity contribution in [2.24, 2.45) is 0 Å². The number of ether oxygens (including phenoxy) is 1. The summed E-state index contributed by atoms with van der Waals surface area (Å²) in [6.07, 6.45) is 0. The third-order valence-corrected chi connectivity index (χ3v) is 2.96. The Morgan fingerprint density at radius 2 is 1.90 bits per heavy atom. The largest absolute Gasteiger partial charge is 0.497 e. The number of methoxy groups -OCH3 is 1. The van der Waals surface area contributed by atoms with Crippen LogP contribution in [0.15, 0.2) is 42.5 Å². The SMILES string of the molecule is COc1ccc(NC(=O)c2ccc(C#N)cc2)c(C)c1. The minimum Gasteiger partial charge on any atom is -0.497 e. The summed E-state index contributed by atoms with van der Waals surface area (Å²) in [7, 11) is 1.60. The fourth-order valence-electron chi connectivity index (χ4n) is 1.79. The van der Waals surface area contributed by atoms with Crippen molar-refractivity contribution in [1.29, 1.82) is 5.26 Å². The number of nitriles is 1. The normalized spacial score (nSPS) is 9.65. The predicted molar refractivity (Wildman–Crippen MR) is 76.8 cm³/mol. The number of benzene rings is 2. The van der Waals surface area contributed by atoms with Gasteiger partial charge in [0.2, 0.25) is 0 Å². The highest BCUT2D eigenvalue weighted by Gasteiger charge is 2.08. The summed E-state index contributed by atoms with van der Waals surface area (Å²) in [5, 5.41) is 11.6. The Kier molecular flexibility index (Phi) is 4.02. The average molecular weight is 266 g/mol. The standard InChI is InChI=1S/C16H14N2O2/c1-11-9-14(20-2)7-8-15(11)18-16(19)13-5-3-12(10-17)4-6-13/h3-9H,1-2H3,(H,18,19). The second-order valence-corrected chi connectivity index (χ2v) is 4.32. The molecule has 20 heavy (non-hydrogen) atoms. The van der Waals surface area contributed by atoms with E-state index in [4.69, 9.17) is 10.00 Å². The number of aryl methyl sites for hydroxylation is 1. The smallest absolute Gasteiger partial charge is 0.255 e. The highest BCUT2D eigenvalue weighted by atomic mass is 16.5. The molecule has 0 fully saturated rings. The molecule has 0 saturated heterocycles. The topological polar surface area (TPSA) is 62.1 Å². The molecule has 2 aromatic carbocycles. The van der Waals surface area contributed by atoms with Gasteiger partial charge in [-0.15, -0.1) is 0 Å². The van der Waals surface area contributed by atoms with Gasteiger partial charge < -0.3 is 10.1 Å². The first-order valence-electron chi connectivity index (χ1n) is 6.10. The second-order valence-electron chi connectivity index (χ2n) is 4.32. The molecule has 0 radical (unpaired) electrons. The molecule has 0 aliphatic carbocycles. The number of anilines is 1. The number of hydrogen-bond acceptors (Lipinski definition) is 3. The summed E-state index contributed by atoms with van der Waals surface area (Å²) in [5.41, 5.74) is 2.70. The van der Waals surface area contributed by atoms with Crippen LogP contribution in [0.3, 0.4) is 0 Å². The highest BCUT2D eigenvalue weighted by molar-refractivity contribution is 6.04. The number of hydrogen-bond donors (Lipinski definition) is 1. The Bertz CT molecular complexity index is 670. The van der Waals surface area contributed by atoms with Crippen LogP contribution >= 0.6 is 0 Å². The zero-order valence-electron chi connectivity index (χ0n) is 11.3. The summed E-state index contributed by atoms with van der Waals surface area (Å²) in [4.78, 5) is 12.1. The van der Waals surface area contributed by atoms with Crippen molar-refractivity contribution in [2.45, 2.75) is 6.92 Å². The van der Waals surface area contributed by atoms with E-state index >= 15 is 0 Å². The third-order valence-electron chi connectivity index (χ3n) is 2.96. The van der Waals surface area contributed by atoms with Crippen LogP contribution in [0.2, 0.25) is 0 Å². The van der Waals surface area contributed by atoms with Crippen molar-refractivity contribution < 1.29 is 9.53 Å². The van der Waals surface area contributed by atoms with E-state index in [1.807, 2.05) is 19.1 Å². The summed E-state index contributed by atoms with van der Waals surface area (Å²) >= 11 is 0.